The van der Waals surface area contributed by atoms with Crippen LogP contribution in [-0.2, 0) is 23.8 Å². The SMILES string of the molecule is CCOC(=O)C(=NNc1ccccc1C(=O)OCC(=O)c1ccccc1)C(=O)OCC. The van der Waals surface area contributed by atoms with Crippen LogP contribution in [0.2, 0.25) is 0 Å². The van der Waals surface area contributed by atoms with Gasteiger partial charge in [-0.15, -0.1) is 0 Å². The smallest absolute Gasteiger partial charge is 0.366 e. The van der Waals surface area contributed by atoms with Gasteiger partial charge >= 0.3 is 17.9 Å². The third-order valence-electron chi connectivity index (χ3n) is 3.80. The summed E-state index contributed by atoms with van der Waals surface area (Å²) in [4.78, 5) is 48.6. The average molecular weight is 426 g/mol. The normalized spacial score (nSPS) is 9.87. The zero-order valence-corrected chi connectivity index (χ0v) is 17.1. The summed E-state index contributed by atoms with van der Waals surface area (Å²) in [6.07, 6.45) is 0. The third kappa shape index (κ3) is 6.77. The van der Waals surface area contributed by atoms with Crippen molar-refractivity contribution in [3.05, 3.63) is 65.7 Å². The monoisotopic (exact) mass is 426 g/mol. The second kappa shape index (κ2) is 11.9. The average Bonchev–Trinajstić information content (AvgIpc) is 2.78. The molecule has 0 fully saturated rings. The van der Waals surface area contributed by atoms with Crippen molar-refractivity contribution in [2.75, 3.05) is 25.2 Å². The molecule has 0 unspecified atom stereocenters. The van der Waals surface area contributed by atoms with Gasteiger partial charge in [-0.1, -0.05) is 42.5 Å². The third-order valence-corrected chi connectivity index (χ3v) is 3.80. The number of ketones is 1. The van der Waals surface area contributed by atoms with Crippen LogP contribution in [-0.4, -0.2) is 49.2 Å². The standard InChI is InChI=1S/C22H22N2O7/c1-3-29-21(27)19(22(28)30-4-2)24-23-17-13-9-8-12-16(17)20(26)31-14-18(25)15-10-6-5-7-11-15/h5-13,23H,3-4,14H2,1-2H3. The molecule has 0 aliphatic heterocycles. The number of Topliss-reactive ketones (excluding diaryl/α,β-unsaturated/α-hetero) is 1. The predicted octanol–water partition coefficient (Wildman–Crippen LogP) is 2.62. The van der Waals surface area contributed by atoms with Crippen LogP contribution in [0.5, 0.6) is 0 Å². The summed E-state index contributed by atoms with van der Waals surface area (Å²) < 4.78 is 14.7. The molecule has 9 heteroatoms. The second-order valence-electron chi connectivity index (χ2n) is 5.92. The van der Waals surface area contributed by atoms with E-state index >= 15 is 0 Å². The molecule has 9 nitrogen and oxygen atoms in total. The number of hydrogen-bond donors (Lipinski definition) is 1. The van der Waals surface area contributed by atoms with E-state index in [0.29, 0.717) is 5.56 Å². The van der Waals surface area contributed by atoms with Gasteiger partial charge < -0.3 is 14.2 Å². The summed E-state index contributed by atoms with van der Waals surface area (Å²) in [5.41, 5.74) is 2.52. The lowest BCUT2D eigenvalue weighted by atomic mass is 10.1. The van der Waals surface area contributed by atoms with E-state index in [-0.39, 0.29) is 30.2 Å². The fourth-order valence-electron chi connectivity index (χ4n) is 2.36. The summed E-state index contributed by atoms with van der Waals surface area (Å²) in [6, 6.07) is 14.5. The van der Waals surface area contributed by atoms with Crippen LogP contribution in [0.1, 0.15) is 34.6 Å². The van der Waals surface area contributed by atoms with Crippen molar-refractivity contribution in [2.45, 2.75) is 13.8 Å². The lowest BCUT2D eigenvalue weighted by Gasteiger charge is -2.10. The highest BCUT2D eigenvalue weighted by atomic mass is 16.6. The Labute approximate surface area is 179 Å². The molecule has 0 aliphatic rings. The molecule has 0 aromatic heterocycles. The number of nitrogens with one attached hydrogen (secondary N) is 1. The lowest BCUT2D eigenvalue weighted by Crippen LogP contribution is -2.29. The second-order valence-corrected chi connectivity index (χ2v) is 5.92. The Balaban J connectivity index is 2.15. The van der Waals surface area contributed by atoms with E-state index in [0.717, 1.165) is 0 Å². The van der Waals surface area contributed by atoms with Crippen LogP contribution in [0.25, 0.3) is 0 Å². The van der Waals surface area contributed by atoms with Crippen molar-refractivity contribution in [2.24, 2.45) is 5.10 Å². The molecule has 0 amide bonds. The predicted molar refractivity (Wildman–Crippen MR) is 112 cm³/mol. The van der Waals surface area contributed by atoms with Gasteiger partial charge in [0.2, 0.25) is 0 Å². The number of anilines is 1. The van der Waals surface area contributed by atoms with Gasteiger partial charge in [0, 0.05) is 5.56 Å². The minimum atomic E-state index is -0.970. The molecule has 0 saturated carbocycles. The highest BCUT2D eigenvalue weighted by Gasteiger charge is 2.24. The summed E-state index contributed by atoms with van der Waals surface area (Å²) in [6.45, 7) is 2.79. The number of benzene rings is 2. The Morgan fingerprint density at radius 1 is 0.806 bits per heavy atom. The minimum absolute atomic E-state index is 0.0373. The number of para-hydroxylation sites is 1. The van der Waals surface area contributed by atoms with Crippen LogP contribution in [0.15, 0.2) is 59.7 Å². The molecular weight excluding hydrogens is 404 g/mol. The van der Waals surface area contributed by atoms with Crippen LogP contribution in [0, 0.1) is 0 Å². The largest absolute Gasteiger partial charge is 0.461 e. The molecule has 2 aromatic rings. The number of esters is 3. The van der Waals surface area contributed by atoms with Gasteiger partial charge in [0.15, 0.2) is 12.4 Å². The number of carbonyl (C=O) groups excluding carboxylic acids is 4. The van der Waals surface area contributed by atoms with E-state index < -0.39 is 30.2 Å². The highest BCUT2D eigenvalue weighted by Crippen LogP contribution is 2.17. The Hall–Kier alpha value is -4.01. The van der Waals surface area contributed by atoms with Crippen LogP contribution in [0.3, 0.4) is 0 Å². The Kier molecular flexibility index (Phi) is 8.90. The summed E-state index contributed by atoms with van der Waals surface area (Å²) >= 11 is 0. The quantitative estimate of drug-likeness (QED) is 0.154. The molecule has 31 heavy (non-hydrogen) atoms. The maximum Gasteiger partial charge on any atom is 0.366 e. The van der Waals surface area contributed by atoms with E-state index in [1.165, 1.54) is 12.1 Å². The highest BCUT2D eigenvalue weighted by molar-refractivity contribution is 6.62. The Morgan fingerprint density at radius 3 is 2.00 bits per heavy atom. The van der Waals surface area contributed by atoms with E-state index in [4.69, 9.17) is 14.2 Å². The molecule has 0 radical (unpaired) electrons. The Morgan fingerprint density at radius 2 is 1.39 bits per heavy atom. The number of carbonyl (C=O) groups is 4. The van der Waals surface area contributed by atoms with Gasteiger partial charge in [0.25, 0.3) is 5.71 Å². The summed E-state index contributed by atoms with van der Waals surface area (Å²) in [5.74, 6) is -3.08. The van der Waals surface area contributed by atoms with Crippen LogP contribution in [0.4, 0.5) is 5.69 Å². The molecule has 0 atom stereocenters. The van der Waals surface area contributed by atoms with Gasteiger partial charge in [-0.05, 0) is 26.0 Å². The van der Waals surface area contributed by atoms with E-state index in [2.05, 4.69) is 10.5 Å². The summed E-state index contributed by atoms with van der Waals surface area (Å²) in [5, 5.41) is 3.76. The van der Waals surface area contributed by atoms with Crippen molar-refractivity contribution < 1.29 is 33.4 Å². The van der Waals surface area contributed by atoms with Gasteiger partial charge in [-0.25, -0.2) is 14.4 Å². The van der Waals surface area contributed by atoms with Gasteiger partial charge in [-0.3, -0.25) is 10.2 Å². The molecule has 2 rings (SSSR count). The van der Waals surface area contributed by atoms with Gasteiger partial charge in [0.05, 0.1) is 24.5 Å². The number of nitrogens with zero attached hydrogens (tertiary/aromatic N) is 1. The first-order chi connectivity index (χ1) is 15.0. The van der Waals surface area contributed by atoms with Crippen LogP contribution < -0.4 is 5.43 Å². The maximum atomic E-state index is 12.5. The van der Waals surface area contributed by atoms with E-state index in [9.17, 15) is 19.2 Å². The van der Waals surface area contributed by atoms with E-state index in [1.807, 2.05) is 0 Å². The molecule has 0 bridgehead atoms. The van der Waals surface area contributed by atoms with Crippen molar-refractivity contribution in [1.29, 1.82) is 0 Å². The molecule has 0 saturated heterocycles. The number of hydrogen-bond acceptors (Lipinski definition) is 9. The topological polar surface area (TPSA) is 120 Å². The minimum Gasteiger partial charge on any atom is -0.461 e. The van der Waals surface area contributed by atoms with Crippen molar-refractivity contribution in [3.63, 3.8) is 0 Å². The van der Waals surface area contributed by atoms with Crippen molar-refractivity contribution in [3.8, 4) is 0 Å². The molecule has 0 heterocycles. The number of ether oxygens (including phenoxy) is 3. The van der Waals surface area contributed by atoms with Gasteiger partial charge in [-0.2, -0.15) is 5.10 Å². The zero-order chi connectivity index (χ0) is 22.6. The van der Waals surface area contributed by atoms with Crippen molar-refractivity contribution >= 4 is 35.1 Å². The first-order valence-corrected chi connectivity index (χ1v) is 9.50. The fourth-order valence-corrected chi connectivity index (χ4v) is 2.36. The first-order valence-electron chi connectivity index (χ1n) is 9.50. The number of hydrazone groups is 1. The lowest BCUT2D eigenvalue weighted by molar-refractivity contribution is -0.140. The van der Waals surface area contributed by atoms with Gasteiger partial charge in [0.1, 0.15) is 0 Å². The summed E-state index contributed by atoms with van der Waals surface area (Å²) in [7, 11) is 0. The first kappa shape index (κ1) is 23.3. The molecular formula is C22H22N2O7. The van der Waals surface area contributed by atoms with E-state index in [1.54, 1.807) is 56.3 Å². The Bertz CT molecular complexity index is 951. The molecule has 162 valence electrons. The van der Waals surface area contributed by atoms with Crippen LogP contribution >= 0.6 is 0 Å². The maximum absolute atomic E-state index is 12.5. The molecule has 2 aromatic carbocycles. The fraction of sp³-hybridized carbons (Fsp3) is 0.227. The zero-order valence-electron chi connectivity index (χ0n) is 17.1. The molecule has 0 spiro atoms. The molecule has 1 N–H and O–H groups in total. The number of rotatable bonds is 10. The van der Waals surface area contributed by atoms with Crippen molar-refractivity contribution in [1.82, 2.24) is 0 Å². The molecule has 0 aliphatic carbocycles.